The number of hydroxylamine groups is 1. The predicted molar refractivity (Wildman–Crippen MR) is 49.9 cm³/mol. The highest BCUT2D eigenvalue weighted by Crippen LogP contribution is 2.14. The summed E-state index contributed by atoms with van der Waals surface area (Å²) >= 11 is 0. The molecule has 3 nitrogen and oxygen atoms in total. The summed E-state index contributed by atoms with van der Waals surface area (Å²) in [5.74, 6) is 0. The normalized spacial score (nSPS) is 10.1. The second kappa shape index (κ2) is 4.16. The molecule has 1 aromatic rings. The van der Waals surface area contributed by atoms with Crippen LogP contribution in [0.5, 0.6) is 0 Å². The molecule has 0 bridgehead atoms. The molecule has 0 aliphatic carbocycles. The number of hydrogen-bond donors (Lipinski definition) is 2. The molecule has 0 atom stereocenters. The zero-order valence-electron chi connectivity index (χ0n) is 7.79. The second-order valence-electron chi connectivity index (χ2n) is 3.09. The van der Waals surface area contributed by atoms with Crippen molar-refractivity contribution >= 4 is 6.29 Å². The zero-order valence-corrected chi connectivity index (χ0v) is 7.79. The lowest BCUT2D eigenvalue weighted by Gasteiger charge is -2.07. The summed E-state index contributed by atoms with van der Waals surface area (Å²) in [5.41, 5.74) is 5.70. The number of benzene rings is 1. The van der Waals surface area contributed by atoms with Crippen LogP contribution in [0.1, 0.15) is 27.0 Å². The van der Waals surface area contributed by atoms with Crippen LogP contribution in [0.3, 0.4) is 0 Å². The Hall–Kier alpha value is -1.19. The first-order valence-electron chi connectivity index (χ1n) is 4.11. The van der Waals surface area contributed by atoms with Crippen molar-refractivity contribution in [3.8, 4) is 0 Å². The molecule has 0 heterocycles. The number of nitrogens with one attached hydrogen (secondary N) is 1. The van der Waals surface area contributed by atoms with E-state index in [1.54, 1.807) is 0 Å². The molecule has 0 aliphatic rings. The quantitative estimate of drug-likeness (QED) is 0.547. The number of carbonyl (C=O) groups is 1. The van der Waals surface area contributed by atoms with E-state index in [0.717, 1.165) is 23.0 Å². The van der Waals surface area contributed by atoms with E-state index in [-0.39, 0.29) is 0 Å². The fourth-order valence-electron chi connectivity index (χ4n) is 1.25. The van der Waals surface area contributed by atoms with Crippen LogP contribution in [0.4, 0.5) is 0 Å². The van der Waals surface area contributed by atoms with Gasteiger partial charge >= 0.3 is 0 Å². The maximum Gasteiger partial charge on any atom is 0.150 e. The first-order valence-corrected chi connectivity index (χ1v) is 4.11. The minimum atomic E-state index is 0.301. The van der Waals surface area contributed by atoms with Crippen molar-refractivity contribution < 1.29 is 10.0 Å². The fourth-order valence-corrected chi connectivity index (χ4v) is 1.25. The van der Waals surface area contributed by atoms with E-state index in [0.29, 0.717) is 12.1 Å². The molecule has 0 spiro atoms. The maximum atomic E-state index is 10.7. The van der Waals surface area contributed by atoms with Crippen molar-refractivity contribution in [2.24, 2.45) is 0 Å². The van der Waals surface area contributed by atoms with Crippen LogP contribution >= 0.6 is 0 Å². The Bertz CT molecular complexity index is 321. The third-order valence-electron chi connectivity index (χ3n) is 2.15. The summed E-state index contributed by atoms with van der Waals surface area (Å²) in [6.45, 7) is 4.23. The molecule has 0 saturated carbocycles. The van der Waals surface area contributed by atoms with Crippen molar-refractivity contribution in [2.45, 2.75) is 20.4 Å². The van der Waals surface area contributed by atoms with Crippen LogP contribution in [-0.4, -0.2) is 11.5 Å². The molecule has 0 amide bonds. The third-order valence-corrected chi connectivity index (χ3v) is 2.15. The Balaban J connectivity index is 3.16. The van der Waals surface area contributed by atoms with E-state index in [4.69, 9.17) is 5.21 Å². The summed E-state index contributed by atoms with van der Waals surface area (Å²) in [4.78, 5) is 10.7. The van der Waals surface area contributed by atoms with Gasteiger partial charge in [-0.15, -0.1) is 0 Å². The summed E-state index contributed by atoms with van der Waals surface area (Å²) in [5, 5.41) is 8.53. The van der Waals surface area contributed by atoms with Gasteiger partial charge in [-0.3, -0.25) is 4.79 Å². The van der Waals surface area contributed by atoms with Crippen LogP contribution in [-0.2, 0) is 6.54 Å². The van der Waals surface area contributed by atoms with E-state index in [1.807, 2.05) is 31.5 Å². The van der Waals surface area contributed by atoms with Gasteiger partial charge in [-0.25, -0.2) is 5.48 Å². The van der Waals surface area contributed by atoms with Crippen molar-refractivity contribution in [3.63, 3.8) is 0 Å². The average molecular weight is 179 g/mol. The van der Waals surface area contributed by atoms with Crippen LogP contribution in [0.2, 0.25) is 0 Å². The molecular formula is C10H13NO2. The third kappa shape index (κ3) is 2.14. The molecule has 0 radical (unpaired) electrons. The Morgan fingerprint density at radius 3 is 2.54 bits per heavy atom. The van der Waals surface area contributed by atoms with Crippen LogP contribution < -0.4 is 5.48 Å². The summed E-state index contributed by atoms with van der Waals surface area (Å²) in [6.07, 6.45) is 0.805. The van der Waals surface area contributed by atoms with Crippen molar-refractivity contribution in [2.75, 3.05) is 0 Å². The molecule has 3 heteroatoms. The SMILES string of the molecule is Cc1cc(C=O)c(CNO)cc1C. The van der Waals surface area contributed by atoms with E-state index >= 15 is 0 Å². The van der Waals surface area contributed by atoms with Gasteiger partial charge in [0.2, 0.25) is 0 Å². The van der Waals surface area contributed by atoms with Gasteiger partial charge in [0.15, 0.2) is 0 Å². The predicted octanol–water partition coefficient (Wildman–Crippen LogP) is 1.59. The molecule has 0 unspecified atom stereocenters. The largest absolute Gasteiger partial charge is 0.316 e. The monoisotopic (exact) mass is 179 g/mol. The summed E-state index contributed by atoms with van der Waals surface area (Å²) < 4.78 is 0. The van der Waals surface area contributed by atoms with E-state index in [9.17, 15) is 4.79 Å². The number of hydrogen-bond acceptors (Lipinski definition) is 3. The summed E-state index contributed by atoms with van der Waals surface area (Å²) in [7, 11) is 0. The molecule has 2 N–H and O–H groups in total. The van der Waals surface area contributed by atoms with Gasteiger partial charge in [-0.1, -0.05) is 6.07 Å². The van der Waals surface area contributed by atoms with Gasteiger partial charge in [0.25, 0.3) is 0 Å². The lowest BCUT2D eigenvalue weighted by molar-refractivity contribution is 0.112. The lowest BCUT2D eigenvalue weighted by atomic mass is 10.0. The van der Waals surface area contributed by atoms with E-state index < -0.39 is 0 Å². The van der Waals surface area contributed by atoms with Crippen LogP contribution in [0.25, 0.3) is 0 Å². The molecule has 0 aliphatic heterocycles. The lowest BCUT2D eigenvalue weighted by Crippen LogP contribution is -2.09. The molecule has 1 rings (SSSR count). The minimum Gasteiger partial charge on any atom is -0.316 e. The molecule has 13 heavy (non-hydrogen) atoms. The molecule has 0 aromatic heterocycles. The van der Waals surface area contributed by atoms with Gasteiger partial charge in [-0.05, 0) is 36.6 Å². The smallest absolute Gasteiger partial charge is 0.150 e. The molecule has 70 valence electrons. The standard InChI is InChI=1S/C10H13NO2/c1-7-3-9(5-11-13)10(6-12)4-8(7)2/h3-4,6,11,13H,5H2,1-2H3. The second-order valence-corrected chi connectivity index (χ2v) is 3.09. The average Bonchev–Trinajstić information content (AvgIpc) is 2.11. The number of aldehydes is 1. The maximum absolute atomic E-state index is 10.7. The van der Waals surface area contributed by atoms with Crippen molar-refractivity contribution in [3.05, 3.63) is 34.4 Å². The number of rotatable bonds is 3. The first-order chi connectivity index (χ1) is 6.19. The van der Waals surface area contributed by atoms with Gasteiger partial charge in [0.05, 0.1) is 0 Å². The Morgan fingerprint density at radius 1 is 1.38 bits per heavy atom. The van der Waals surface area contributed by atoms with Gasteiger partial charge in [-0.2, -0.15) is 0 Å². The van der Waals surface area contributed by atoms with Gasteiger partial charge in [0.1, 0.15) is 6.29 Å². The fraction of sp³-hybridized carbons (Fsp3) is 0.300. The number of carbonyl (C=O) groups excluding carboxylic acids is 1. The minimum absolute atomic E-state index is 0.301. The van der Waals surface area contributed by atoms with Gasteiger partial charge in [0, 0.05) is 12.1 Å². The summed E-state index contributed by atoms with van der Waals surface area (Å²) in [6, 6.07) is 3.73. The van der Waals surface area contributed by atoms with Gasteiger partial charge < -0.3 is 5.21 Å². The van der Waals surface area contributed by atoms with E-state index in [2.05, 4.69) is 0 Å². The van der Waals surface area contributed by atoms with Crippen molar-refractivity contribution in [1.82, 2.24) is 5.48 Å². The Morgan fingerprint density at radius 2 is 2.00 bits per heavy atom. The molecule has 0 saturated heterocycles. The van der Waals surface area contributed by atoms with Crippen LogP contribution in [0, 0.1) is 13.8 Å². The topological polar surface area (TPSA) is 49.3 Å². The van der Waals surface area contributed by atoms with Crippen molar-refractivity contribution in [1.29, 1.82) is 0 Å². The molecule has 1 aromatic carbocycles. The number of aryl methyl sites for hydroxylation is 2. The van der Waals surface area contributed by atoms with E-state index in [1.165, 1.54) is 0 Å². The molecule has 0 fully saturated rings. The highest BCUT2D eigenvalue weighted by Gasteiger charge is 2.03. The Kier molecular flexibility index (Phi) is 3.17. The highest BCUT2D eigenvalue weighted by atomic mass is 16.5. The van der Waals surface area contributed by atoms with Crippen LogP contribution in [0.15, 0.2) is 12.1 Å². The Labute approximate surface area is 77.4 Å². The zero-order chi connectivity index (χ0) is 9.84. The molecular weight excluding hydrogens is 166 g/mol. The highest BCUT2D eigenvalue weighted by molar-refractivity contribution is 5.78. The first kappa shape index (κ1) is 9.89.